The summed E-state index contributed by atoms with van der Waals surface area (Å²) in [5.41, 5.74) is -0.314. The molecule has 13 N–H and O–H groups in total. The highest BCUT2D eigenvalue weighted by atomic mass is 127. The first kappa shape index (κ1) is 51.5. The summed E-state index contributed by atoms with van der Waals surface area (Å²) in [7, 11) is 0. The minimum atomic E-state index is -1.46. The SMILES string of the molecule is CC(O)C(=O)Nc1c(I)c(C(=O)NCC(O)CNC(=O)c2c(I)c(NC(=O)C(C)O)c(I)c(C(=O)NC(CO)CO)c2I)c(I)c(C(=O)NC(CO)CO)c1I. The van der Waals surface area contributed by atoms with E-state index in [1.165, 1.54) is 13.8 Å². The predicted octanol–water partition coefficient (Wildman–Crippen LogP) is -0.361. The first-order chi connectivity index (χ1) is 26.2. The van der Waals surface area contributed by atoms with Gasteiger partial charge in [-0.3, -0.25) is 28.8 Å². The number of rotatable bonds is 18. The summed E-state index contributed by atoms with van der Waals surface area (Å²) < 4.78 is 0.955. The van der Waals surface area contributed by atoms with Crippen LogP contribution in [0.3, 0.4) is 0 Å². The molecule has 0 aliphatic carbocycles. The van der Waals surface area contributed by atoms with Gasteiger partial charge in [-0.2, -0.15) is 0 Å². The van der Waals surface area contributed by atoms with Gasteiger partial charge in [-0.05, 0) is 149 Å². The van der Waals surface area contributed by atoms with E-state index in [9.17, 15) is 64.5 Å². The summed E-state index contributed by atoms with van der Waals surface area (Å²) in [6.07, 6.45) is -4.33. The molecule has 2 aromatic rings. The molecule has 0 radical (unpaired) electrons. The third-order valence-corrected chi connectivity index (χ3v) is 13.8. The van der Waals surface area contributed by atoms with Gasteiger partial charge in [-0.25, -0.2) is 0 Å². The highest BCUT2D eigenvalue weighted by Crippen LogP contribution is 2.37. The third-order valence-electron chi connectivity index (χ3n) is 7.35. The Balaban J connectivity index is 2.45. The van der Waals surface area contributed by atoms with Crippen LogP contribution in [0.4, 0.5) is 11.4 Å². The van der Waals surface area contributed by atoms with E-state index in [0.29, 0.717) is 0 Å². The first-order valence-corrected chi connectivity index (χ1v) is 22.3. The lowest BCUT2D eigenvalue weighted by Gasteiger charge is -2.22. The van der Waals surface area contributed by atoms with Crippen LogP contribution in [0, 0.1) is 21.4 Å². The van der Waals surface area contributed by atoms with Gasteiger partial charge in [-0.1, -0.05) is 0 Å². The zero-order chi connectivity index (χ0) is 42.8. The average Bonchev–Trinajstić information content (AvgIpc) is 3.13. The summed E-state index contributed by atoms with van der Waals surface area (Å²) in [4.78, 5) is 78.9. The van der Waals surface area contributed by atoms with Crippen LogP contribution in [0.1, 0.15) is 55.3 Å². The average molecular weight is 1460 g/mol. The van der Waals surface area contributed by atoms with E-state index in [1.54, 1.807) is 136 Å². The number of hydrogen-bond donors (Lipinski definition) is 13. The van der Waals surface area contributed by atoms with E-state index in [4.69, 9.17) is 0 Å². The fourth-order valence-corrected chi connectivity index (χ4v) is 13.1. The maximum atomic E-state index is 13.6. The molecule has 56 heavy (non-hydrogen) atoms. The molecule has 2 unspecified atom stereocenters. The van der Waals surface area contributed by atoms with Crippen LogP contribution in [0.2, 0.25) is 0 Å². The van der Waals surface area contributed by atoms with E-state index in [-0.39, 0.29) is 55.0 Å². The number of aliphatic hydroxyl groups is 7. The second kappa shape index (κ2) is 24.0. The Morgan fingerprint density at radius 2 is 0.750 bits per heavy atom. The van der Waals surface area contributed by atoms with Crippen molar-refractivity contribution in [2.24, 2.45) is 0 Å². The van der Waals surface area contributed by atoms with Gasteiger partial charge in [0.25, 0.3) is 35.4 Å². The van der Waals surface area contributed by atoms with Gasteiger partial charge in [0.2, 0.25) is 0 Å². The van der Waals surface area contributed by atoms with Crippen molar-refractivity contribution in [3.63, 3.8) is 0 Å². The molecular weight excluding hydrogens is 1430 g/mol. The molecule has 0 saturated carbocycles. The Morgan fingerprint density at radius 3 is 1.00 bits per heavy atom. The van der Waals surface area contributed by atoms with Crippen LogP contribution in [-0.4, -0.2) is 141 Å². The quantitative estimate of drug-likeness (QED) is 0.0850. The van der Waals surface area contributed by atoms with E-state index < -0.39 is 105 Å². The van der Waals surface area contributed by atoms with Crippen LogP contribution >= 0.6 is 136 Å². The van der Waals surface area contributed by atoms with Gasteiger partial charge in [0.1, 0.15) is 12.2 Å². The first-order valence-electron chi connectivity index (χ1n) is 15.9. The van der Waals surface area contributed by atoms with Crippen LogP contribution in [0.25, 0.3) is 0 Å². The smallest absolute Gasteiger partial charge is 0.253 e. The fourth-order valence-electron chi connectivity index (χ4n) is 4.28. The molecule has 0 saturated heterocycles. The largest absolute Gasteiger partial charge is 0.394 e. The summed E-state index contributed by atoms with van der Waals surface area (Å²) in [5, 5.41) is 83.4. The second-order valence-corrected chi connectivity index (χ2v) is 18.1. The second-order valence-electron chi connectivity index (χ2n) is 11.6. The lowest BCUT2D eigenvalue weighted by Crippen LogP contribution is -2.42. The van der Waals surface area contributed by atoms with Crippen molar-refractivity contribution in [1.82, 2.24) is 21.3 Å². The van der Waals surface area contributed by atoms with E-state index in [0.717, 1.165) is 0 Å². The molecule has 2 aromatic carbocycles. The van der Waals surface area contributed by atoms with Gasteiger partial charge < -0.3 is 67.6 Å². The molecule has 0 bridgehead atoms. The Morgan fingerprint density at radius 1 is 0.482 bits per heavy atom. The fraction of sp³-hybridized carbons (Fsp3) is 0.419. The zero-order valence-corrected chi connectivity index (χ0v) is 41.9. The molecule has 2 rings (SSSR count). The summed E-state index contributed by atoms with van der Waals surface area (Å²) in [6.45, 7) is -0.841. The summed E-state index contributed by atoms with van der Waals surface area (Å²) >= 11 is 10.6. The number of aliphatic hydroxyl groups excluding tert-OH is 7. The number of benzene rings is 2. The Hall–Kier alpha value is -0.640. The molecule has 6 amide bonds. The topological polar surface area (TPSA) is 316 Å². The number of amides is 6. The van der Waals surface area contributed by atoms with E-state index in [1.807, 2.05) is 0 Å². The number of carbonyl (C=O) groups excluding carboxylic acids is 6. The number of nitrogens with one attached hydrogen (secondary N) is 6. The molecule has 19 nitrogen and oxygen atoms in total. The Kier molecular flexibility index (Phi) is 22.0. The van der Waals surface area contributed by atoms with Crippen molar-refractivity contribution >= 4 is 182 Å². The number of hydrogen-bond acceptors (Lipinski definition) is 13. The molecule has 0 aromatic heterocycles. The maximum absolute atomic E-state index is 13.6. The zero-order valence-electron chi connectivity index (χ0n) is 29.0. The van der Waals surface area contributed by atoms with Crippen LogP contribution in [0.5, 0.6) is 0 Å². The van der Waals surface area contributed by atoms with Crippen molar-refractivity contribution in [1.29, 1.82) is 0 Å². The van der Waals surface area contributed by atoms with Crippen LogP contribution in [-0.2, 0) is 9.59 Å². The highest BCUT2D eigenvalue weighted by Gasteiger charge is 2.32. The molecule has 2 atom stereocenters. The van der Waals surface area contributed by atoms with Gasteiger partial charge in [-0.15, -0.1) is 0 Å². The molecular formula is C31H36I6N6O13. The molecule has 0 heterocycles. The Bertz CT molecular complexity index is 1720. The minimum Gasteiger partial charge on any atom is -0.394 e. The van der Waals surface area contributed by atoms with Gasteiger partial charge >= 0.3 is 0 Å². The molecule has 310 valence electrons. The van der Waals surface area contributed by atoms with E-state index in [2.05, 4.69) is 31.9 Å². The lowest BCUT2D eigenvalue weighted by atomic mass is 10.1. The van der Waals surface area contributed by atoms with Crippen molar-refractivity contribution in [3.05, 3.63) is 43.7 Å². The standard InChI is InChI=1S/C31H36I6N6O13/c1-9(48)26(51)42-24-20(34)14(18(32)16(22(24)36)30(55)40-11(5-44)6-45)28(53)38-3-13(50)4-39-29(54)15-19(33)17(31(56)41-12(7-46)8-47)23(37)25(21(15)35)43-27(52)10(2)49/h9-13,44-50H,3-8H2,1-2H3,(H,38,53)(H,39,54)(H,40,55)(H,41,56)(H,42,51)(H,43,52). The van der Waals surface area contributed by atoms with Crippen LogP contribution < -0.4 is 31.9 Å². The number of carbonyl (C=O) groups is 6. The van der Waals surface area contributed by atoms with Crippen molar-refractivity contribution in [2.75, 3.05) is 50.2 Å². The van der Waals surface area contributed by atoms with Crippen LogP contribution in [0.15, 0.2) is 0 Å². The highest BCUT2D eigenvalue weighted by molar-refractivity contribution is 14.1. The van der Waals surface area contributed by atoms with Gasteiger partial charge in [0, 0.05) is 20.2 Å². The third kappa shape index (κ3) is 13.2. The molecule has 0 spiro atoms. The lowest BCUT2D eigenvalue weighted by molar-refractivity contribution is -0.123. The number of anilines is 2. The summed E-state index contributed by atoms with van der Waals surface area (Å²) in [5.74, 6) is -4.86. The monoisotopic (exact) mass is 1460 g/mol. The predicted molar refractivity (Wildman–Crippen MR) is 251 cm³/mol. The molecule has 0 aliphatic rings. The van der Waals surface area contributed by atoms with E-state index >= 15 is 0 Å². The summed E-state index contributed by atoms with van der Waals surface area (Å²) in [6, 6.07) is -2.08. The number of halogens is 6. The van der Waals surface area contributed by atoms with Gasteiger partial charge in [0.05, 0.1) is 92.5 Å². The molecule has 0 fully saturated rings. The van der Waals surface area contributed by atoms with Crippen molar-refractivity contribution in [3.8, 4) is 0 Å². The maximum Gasteiger partial charge on any atom is 0.253 e. The Labute approximate surface area is 401 Å². The molecule has 0 aliphatic heterocycles. The minimum absolute atomic E-state index is 0.0206. The molecule has 25 heteroatoms. The normalized spacial score (nSPS) is 12.8. The van der Waals surface area contributed by atoms with Crippen molar-refractivity contribution < 1.29 is 64.5 Å². The van der Waals surface area contributed by atoms with Crippen molar-refractivity contribution in [2.45, 2.75) is 44.2 Å². The van der Waals surface area contributed by atoms with Gasteiger partial charge in [0.15, 0.2) is 0 Å².